The maximum absolute atomic E-state index is 12.9. The monoisotopic (exact) mass is 183 g/mol. The van der Waals surface area contributed by atoms with Crippen molar-refractivity contribution in [2.45, 2.75) is 26.0 Å². The van der Waals surface area contributed by atoms with Crippen LogP contribution in [0.5, 0.6) is 0 Å². The SMILES string of the molecule is Cc1cc(C(N)C(C)O)ccc1F. The molecule has 2 atom stereocenters. The van der Waals surface area contributed by atoms with E-state index < -0.39 is 12.1 Å². The van der Waals surface area contributed by atoms with Crippen molar-refractivity contribution in [3.05, 3.63) is 35.1 Å². The molecule has 0 fully saturated rings. The lowest BCUT2D eigenvalue weighted by Crippen LogP contribution is -2.23. The highest BCUT2D eigenvalue weighted by Gasteiger charge is 2.12. The minimum absolute atomic E-state index is 0.249. The molecule has 0 spiro atoms. The first-order valence-electron chi connectivity index (χ1n) is 4.22. The number of aryl methyl sites for hydroxylation is 1. The van der Waals surface area contributed by atoms with E-state index in [0.29, 0.717) is 5.56 Å². The van der Waals surface area contributed by atoms with E-state index in [1.54, 1.807) is 26.0 Å². The van der Waals surface area contributed by atoms with Gasteiger partial charge < -0.3 is 10.8 Å². The summed E-state index contributed by atoms with van der Waals surface area (Å²) in [6, 6.07) is 4.18. The quantitative estimate of drug-likeness (QED) is 0.730. The Morgan fingerprint density at radius 1 is 1.46 bits per heavy atom. The van der Waals surface area contributed by atoms with Crippen molar-refractivity contribution >= 4 is 0 Å². The van der Waals surface area contributed by atoms with Crippen molar-refractivity contribution in [2.75, 3.05) is 0 Å². The standard InChI is InChI=1S/C10H14FNO/c1-6-5-8(3-4-9(6)11)10(12)7(2)13/h3-5,7,10,13H,12H2,1-2H3. The fourth-order valence-corrected chi connectivity index (χ4v) is 1.15. The zero-order valence-electron chi connectivity index (χ0n) is 7.79. The summed E-state index contributed by atoms with van der Waals surface area (Å²) in [5.41, 5.74) is 6.99. The van der Waals surface area contributed by atoms with Gasteiger partial charge in [-0.3, -0.25) is 0 Å². The molecule has 0 saturated heterocycles. The van der Waals surface area contributed by atoms with Crippen LogP contribution in [-0.4, -0.2) is 11.2 Å². The lowest BCUT2D eigenvalue weighted by Gasteiger charge is -2.15. The molecule has 3 heteroatoms. The Labute approximate surface area is 77.2 Å². The average molecular weight is 183 g/mol. The maximum atomic E-state index is 12.9. The Kier molecular flexibility index (Phi) is 3.01. The van der Waals surface area contributed by atoms with Crippen LogP contribution in [0, 0.1) is 12.7 Å². The smallest absolute Gasteiger partial charge is 0.126 e. The topological polar surface area (TPSA) is 46.2 Å². The molecule has 0 amide bonds. The van der Waals surface area contributed by atoms with Gasteiger partial charge >= 0.3 is 0 Å². The highest BCUT2D eigenvalue weighted by Crippen LogP contribution is 2.17. The summed E-state index contributed by atoms with van der Waals surface area (Å²) >= 11 is 0. The Morgan fingerprint density at radius 2 is 2.08 bits per heavy atom. The van der Waals surface area contributed by atoms with Gasteiger partial charge in [-0.2, -0.15) is 0 Å². The van der Waals surface area contributed by atoms with Gasteiger partial charge in [0, 0.05) is 0 Å². The molecular weight excluding hydrogens is 169 g/mol. The molecule has 2 unspecified atom stereocenters. The van der Waals surface area contributed by atoms with Gasteiger partial charge in [-0.15, -0.1) is 0 Å². The summed E-state index contributed by atoms with van der Waals surface area (Å²) in [4.78, 5) is 0. The molecule has 1 rings (SSSR count). The van der Waals surface area contributed by atoms with E-state index in [0.717, 1.165) is 5.56 Å². The second-order valence-electron chi connectivity index (χ2n) is 3.28. The van der Waals surface area contributed by atoms with Gasteiger partial charge in [-0.25, -0.2) is 4.39 Å². The summed E-state index contributed by atoms with van der Waals surface area (Å²) < 4.78 is 12.9. The van der Waals surface area contributed by atoms with E-state index in [1.165, 1.54) is 6.07 Å². The first kappa shape index (κ1) is 10.2. The molecule has 72 valence electrons. The second kappa shape index (κ2) is 3.85. The molecule has 1 aromatic rings. The fourth-order valence-electron chi connectivity index (χ4n) is 1.15. The zero-order valence-corrected chi connectivity index (χ0v) is 7.79. The highest BCUT2D eigenvalue weighted by molar-refractivity contribution is 5.26. The highest BCUT2D eigenvalue weighted by atomic mass is 19.1. The molecule has 1 aromatic carbocycles. The molecule has 0 bridgehead atoms. The molecule has 0 saturated carbocycles. The predicted octanol–water partition coefficient (Wildman–Crippen LogP) is 1.51. The van der Waals surface area contributed by atoms with Crippen LogP contribution in [0.25, 0.3) is 0 Å². The molecule has 13 heavy (non-hydrogen) atoms. The third kappa shape index (κ3) is 2.26. The summed E-state index contributed by atoms with van der Waals surface area (Å²) in [6.45, 7) is 3.29. The average Bonchev–Trinajstić information content (AvgIpc) is 2.08. The first-order valence-corrected chi connectivity index (χ1v) is 4.22. The van der Waals surface area contributed by atoms with Gasteiger partial charge in [0.05, 0.1) is 12.1 Å². The van der Waals surface area contributed by atoms with E-state index in [9.17, 15) is 9.50 Å². The van der Waals surface area contributed by atoms with Gasteiger partial charge in [0.25, 0.3) is 0 Å². The van der Waals surface area contributed by atoms with Crippen LogP contribution in [-0.2, 0) is 0 Å². The van der Waals surface area contributed by atoms with Gasteiger partial charge in [0.1, 0.15) is 5.82 Å². The van der Waals surface area contributed by atoms with Crippen LogP contribution < -0.4 is 5.73 Å². The number of nitrogens with two attached hydrogens (primary N) is 1. The molecular formula is C10H14FNO. The number of rotatable bonds is 2. The lowest BCUT2D eigenvalue weighted by atomic mass is 10.0. The van der Waals surface area contributed by atoms with Crippen LogP contribution in [0.3, 0.4) is 0 Å². The third-order valence-electron chi connectivity index (χ3n) is 2.09. The molecule has 0 aliphatic rings. The Bertz CT molecular complexity index is 299. The number of aliphatic hydroxyl groups is 1. The van der Waals surface area contributed by atoms with Crippen molar-refractivity contribution in [2.24, 2.45) is 5.73 Å². The van der Waals surface area contributed by atoms with E-state index in [-0.39, 0.29) is 5.82 Å². The van der Waals surface area contributed by atoms with Gasteiger partial charge in [0.15, 0.2) is 0 Å². The number of benzene rings is 1. The minimum atomic E-state index is -0.620. The van der Waals surface area contributed by atoms with Crippen LogP contribution in [0.2, 0.25) is 0 Å². The van der Waals surface area contributed by atoms with E-state index in [2.05, 4.69) is 0 Å². The molecule has 3 N–H and O–H groups in total. The second-order valence-corrected chi connectivity index (χ2v) is 3.28. The van der Waals surface area contributed by atoms with Gasteiger partial charge in [-0.05, 0) is 31.0 Å². The van der Waals surface area contributed by atoms with Crippen LogP contribution >= 0.6 is 0 Å². The summed E-state index contributed by atoms with van der Waals surface area (Å²) in [7, 11) is 0. The normalized spacial score (nSPS) is 15.5. The van der Waals surface area contributed by atoms with Crippen LogP contribution in [0.15, 0.2) is 18.2 Å². The van der Waals surface area contributed by atoms with Crippen molar-refractivity contribution in [3.8, 4) is 0 Å². The van der Waals surface area contributed by atoms with Crippen LogP contribution in [0.1, 0.15) is 24.1 Å². The van der Waals surface area contributed by atoms with Crippen LogP contribution in [0.4, 0.5) is 4.39 Å². The van der Waals surface area contributed by atoms with Crippen molar-refractivity contribution in [1.29, 1.82) is 0 Å². The van der Waals surface area contributed by atoms with Gasteiger partial charge in [0.2, 0.25) is 0 Å². The Balaban J connectivity index is 2.97. The largest absolute Gasteiger partial charge is 0.391 e. The molecule has 2 nitrogen and oxygen atoms in total. The predicted molar refractivity (Wildman–Crippen MR) is 49.7 cm³/mol. The number of hydrogen-bond acceptors (Lipinski definition) is 2. The first-order chi connectivity index (χ1) is 6.02. The molecule has 0 radical (unpaired) electrons. The van der Waals surface area contributed by atoms with Crippen molar-refractivity contribution in [1.82, 2.24) is 0 Å². The zero-order chi connectivity index (χ0) is 10.0. The van der Waals surface area contributed by atoms with Crippen molar-refractivity contribution in [3.63, 3.8) is 0 Å². The summed E-state index contributed by atoms with van der Waals surface area (Å²) in [6.07, 6.45) is -0.620. The third-order valence-corrected chi connectivity index (χ3v) is 2.09. The number of halogens is 1. The lowest BCUT2D eigenvalue weighted by molar-refractivity contribution is 0.164. The van der Waals surface area contributed by atoms with Crippen molar-refractivity contribution < 1.29 is 9.50 Å². The Morgan fingerprint density at radius 3 is 2.54 bits per heavy atom. The Hall–Kier alpha value is -0.930. The van der Waals surface area contributed by atoms with E-state index >= 15 is 0 Å². The summed E-state index contributed by atoms with van der Waals surface area (Å²) in [5, 5.41) is 9.22. The maximum Gasteiger partial charge on any atom is 0.126 e. The number of hydrogen-bond donors (Lipinski definition) is 2. The van der Waals surface area contributed by atoms with E-state index in [1.807, 2.05) is 0 Å². The fraction of sp³-hybridized carbons (Fsp3) is 0.400. The number of aliphatic hydroxyl groups excluding tert-OH is 1. The summed E-state index contributed by atoms with van der Waals surface area (Å²) in [5.74, 6) is -0.249. The molecule has 0 aliphatic carbocycles. The molecule has 0 aromatic heterocycles. The molecule has 0 heterocycles. The van der Waals surface area contributed by atoms with Gasteiger partial charge in [-0.1, -0.05) is 12.1 Å². The minimum Gasteiger partial charge on any atom is -0.391 e. The molecule has 0 aliphatic heterocycles. The van der Waals surface area contributed by atoms with E-state index in [4.69, 9.17) is 5.73 Å².